The molecule has 1 saturated heterocycles. The predicted octanol–water partition coefficient (Wildman–Crippen LogP) is 3.62. The lowest BCUT2D eigenvalue weighted by molar-refractivity contribution is -0.138. The Morgan fingerprint density at radius 3 is 2.78 bits per heavy atom. The van der Waals surface area contributed by atoms with E-state index in [0.29, 0.717) is 29.8 Å². The van der Waals surface area contributed by atoms with Gasteiger partial charge in [0.05, 0.1) is 6.61 Å². The predicted molar refractivity (Wildman–Crippen MR) is 134 cm³/mol. The molecule has 0 radical (unpaired) electrons. The van der Waals surface area contributed by atoms with Gasteiger partial charge in [-0.25, -0.2) is 0 Å². The number of aromatic amines is 1. The number of aromatic nitrogens is 5. The first-order chi connectivity index (χ1) is 17.5. The van der Waals surface area contributed by atoms with Gasteiger partial charge in [-0.05, 0) is 66.5 Å². The molecule has 1 aliphatic heterocycles. The van der Waals surface area contributed by atoms with E-state index in [1.165, 1.54) is 0 Å². The van der Waals surface area contributed by atoms with Crippen molar-refractivity contribution in [3.8, 4) is 0 Å². The maximum Gasteiger partial charge on any atom is 0.327 e. The smallest absolute Gasteiger partial charge is 0.327 e. The van der Waals surface area contributed by atoms with E-state index in [9.17, 15) is 9.59 Å². The molecular formula is C26H28ClN5O4. The zero-order valence-corrected chi connectivity index (χ0v) is 20.6. The zero-order valence-electron chi connectivity index (χ0n) is 19.8. The maximum absolute atomic E-state index is 12.7. The lowest BCUT2D eigenvalue weighted by atomic mass is 9.94. The molecule has 2 fully saturated rings. The van der Waals surface area contributed by atoms with Crippen LogP contribution in [0.3, 0.4) is 0 Å². The zero-order chi connectivity index (χ0) is 25.1. The van der Waals surface area contributed by atoms with Crippen LogP contribution in [-0.2, 0) is 28.9 Å². The molecule has 3 heterocycles. The summed E-state index contributed by atoms with van der Waals surface area (Å²) in [5.74, 6) is 0.172. The van der Waals surface area contributed by atoms with Gasteiger partial charge in [-0.1, -0.05) is 35.9 Å². The Labute approximate surface area is 213 Å². The van der Waals surface area contributed by atoms with Crippen molar-refractivity contribution in [2.75, 3.05) is 13.2 Å². The highest BCUT2D eigenvalue weighted by Crippen LogP contribution is 2.38. The number of halogens is 1. The second-order valence-corrected chi connectivity index (χ2v) is 9.83. The third-order valence-electron chi connectivity index (χ3n) is 6.60. The number of carboxylic acids is 1. The molecule has 2 aliphatic rings. The Hall–Kier alpha value is -3.30. The van der Waals surface area contributed by atoms with Crippen LogP contribution in [0.25, 0.3) is 5.57 Å². The average Bonchev–Trinajstić information content (AvgIpc) is 3.37. The third kappa shape index (κ3) is 5.91. The molecule has 1 aromatic carbocycles. The number of aryl methyl sites for hydroxylation is 2. The second-order valence-electron chi connectivity index (χ2n) is 9.42. The van der Waals surface area contributed by atoms with Gasteiger partial charge in [0.25, 0.3) is 5.56 Å². The van der Waals surface area contributed by atoms with Gasteiger partial charge in [-0.3, -0.25) is 9.59 Å². The van der Waals surface area contributed by atoms with Gasteiger partial charge in [-0.15, -0.1) is 10.2 Å². The average molecular weight is 510 g/mol. The molecule has 0 bridgehead atoms. The van der Waals surface area contributed by atoms with Crippen LogP contribution >= 0.6 is 11.6 Å². The number of pyridine rings is 1. The molecule has 1 saturated carbocycles. The molecule has 0 amide bonds. The Morgan fingerprint density at radius 1 is 1.22 bits per heavy atom. The number of aliphatic carboxylic acids is 1. The summed E-state index contributed by atoms with van der Waals surface area (Å²) in [7, 11) is 0. The monoisotopic (exact) mass is 509 g/mol. The maximum atomic E-state index is 12.7. The van der Waals surface area contributed by atoms with Crippen molar-refractivity contribution in [3.05, 3.63) is 80.0 Å². The van der Waals surface area contributed by atoms with Gasteiger partial charge < -0.3 is 14.8 Å². The van der Waals surface area contributed by atoms with E-state index < -0.39 is 5.97 Å². The van der Waals surface area contributed by atoms with E-state index in [2.05, 4.69) is 26.5 Å². The largest absolute Gasteiger partial charge is 0.480 e. The van der Waals surface area contributed by atoms with Crippen molar-refractivity contribution >= 4 is 23.1 Å². The SMILES string of the molecule is O=C(O)Cn1nnc(CCCc2ccc(/C(=C\[C@H]3CCOC3)c3ccc(C4CC4)c(=O)[nH]3)cc2Cl)n1. The fourth-order valence-corrected chi connectivity index (χ4v) is 4.81. The number of benzene rings is 1. The number of H-pyrrole nitrogens is 1. The van der Waals surface area contributed by atoms with Gasteiger partial charge in [-0.2, -0.15) is 4.80 Å². The molecule has 5 rings (SSSR count). The van der Waals surface area contributed by atoms with Gasteiger partial charge in [0.1, 0.15) is 0 Å². The number of tetrazole rings is 1. The molecule has 9 nitrogen and oxygen atoms in total. The molecule has 36 heavy (non-hydrogen) atoms. The van der Waals surface area contributed by atoms with Crippen molar-refractivity contribution < 1.29 is 14.6 Å². The van der Waals surface area contributed by atoms with Gasteiger partial charge >= 0.3 is 5.97 Å². The molecule has 1 atom stereocenters. The fourth-order valence-electron chi connectivity index (χ4n) is 4.54. The Balaban J connectivity index is 1.32. The minimum Gasteiger partial charge on any atom is -0.480 e. The first-order valence-electron chi connectivity index (χ1n) is 12.3. The van der Waals surface area contributed by atoms with Crippen LogP contribution in [0.1, 0.15) is 59.8 Å². The minimum absolute atomic E-state index is 0.0137. The van der Waals surface area contributed by atoms with Crippen LogP contribution in [0.15, 0.2) is 41.2 Å². The topological polar surface area (TPSA) is 123 Å². The number of nitrogens with zero attached hydrogens (tertiary/aromatic N) is 4. The Bertz CT molecular complexity index is 1340. The van der Waals surface area contributed by atoms with Crippen molar-refractivity contribution in [1.29, 1.82) is 0 Å². The third-order valence-corrected chi connectivity index (χ3v) is 6.95. The lowest BCUT2D eigenvalue weighted by Gasteiger charge is -2.14. The Morgan fingerprint density at radius 2 is 2.08 bits per heavy atom. The first-order valence-corrected chi connectivity index (χ1v) is 12.6. The molecule has 188 valence electrons. The summed E-state index contributed by atoms with van der Waals surface area (Å²) >= 11 is 6.69. The molecule has 10 heteroatoms. The van der Waals surface area contributed by atoms with Crippen LogP contribution in [-0.4, -0.2) is 49.5 Å². The van der Waals surface area contributed by atoms with Crippen molar-refractivity contribution in [1.82, 2.24) is 25.2 Å². The van der Waals surface area contributed by atoms with Gasteiger partial charge in [0.15, 0.2) is 12.4 Å². The quantitative estimate of drug-likeness (QED) is 0.428. The highest BCUT2D eigenvalue weighted by Gasteiger charge is 2.26. The number of ether oxygens (including phenoxy) is 1. The summed E-state index contributed by atoms with van der Waals surface area (Å²) in [5, 5.41) is 21.2. The van der Waals surface area contributed by atoms with E-state index in [1.807, 2.05) is 30.3 Å². The molecule has 2 N–H and O–H groups in total. The second kappa shape index (κ2) is 10.8. The lowest BCUT2D eigenvalue weighted by Crippen LogP contribution is -2.14. The standard InChI is InChI=1S/C26H28ClN5O4/c27-22-13-19(7-6-18(22)2-1-3-24-29-31-32(30-24)14-25(33)34)21(12-16-10-11-36-15-16)23-9-8-20(17-4-5-17)26(35)28-23/h6-9,12-13,16-17H,1-5,10-11,14-15H2,(H,28,35)(H,33,34)/b21-12+/t16-/m1/s1. The Kier molecular flexibility index (Phi) is 7.29. The van der Waals surface area contributed by atoms with Crippen LogP contribution in [0.2, 0.25) is 5.02 Å². The molecule has 3 aromatic rings. The number of hydrogen-bond acceptors (Lipinski definition) is 6. The van der Waals surface area contributed by atoms with Crippen LogP contribution in [0, 0.1) is 5.92 Å². The van der Waals surface area contributed by atoms with Crippen LogP contribution in [0.4, 0.5) is 0 Å². The highest BCUT2D eigenvalue weighted by atomic mass is 35.5. The summed E-state index contributed by atoms with van der Waals surface area (Å²) in [6.45, 7) is 1.10. The minimum atomic E-state index is -1.01. The van der Waals surface area contributed by atoms with Crippen molar-refractivity contribution in [2.24, 2.45) is 5.92 Å². The van der Waals surface area contributed by atoms with Gasteiger partial charge in [0.2, 0.25) is 0 Å². The number of nitrogens with one attached hydrogen (secondary N) is 1. The summed E-state index contributed by atoms with van der Waals surface area (Å²) in [5.41, 5.74) is 4.55. The molecule has 1 aliphatic carbocycles. The molecular weight excluding hydrogens is 482 g/mol. The van der Waals surface area contributed by atoms with E-state index in [4.69, 9.17) is 21.4 Å². The molecule has 2 aromatic heterocycles. The fraction of sp³-hybridized carbons (Fsp3) is 0.423. The molecule has 0 spiro atoms. The number of rotatable bonds is 10. The summed E-state index contributed by atoms with van der Waals surface area (Å²) < 4.78 is 5.57. The normalized spacial score (nSPS) is 18.0. The van der Waals surface area contributed by atoms with E-state index in [1.54, 1.807) is 0 Å². The highest BCUT2D eigenvalue weighted by molar-refractivity contribution is 6.31. The van der Waals surface area contributed by atoms with Crippen molar-refractivity contribution in [2.45, 2.75) is 51.0 Å². The first kappa shape index (κ1) is 24.4. The van der Waals surface area contributed by atoms with E-state index >= 15 is 0 Å². The summed E-state index contributed by atoms with van der Waals surface area (Å²) in [6.07, 6.45) is 7.33. The summed E-state index contributed by atoms with van der Waals surface area (Å²) in [6, 6.07) is 9.97. The number of carbonyl (C=O) groups is 1. The summed E-state index contributed by atoms with van der Waals surface area (Å²) in [4.78, 5) is 27.7. The van der Waals surface area contributed by atoms with Crippen LogP contribution < -0.4 is 5.56 Å². The molecule has 0 unspecified atom stereocenters. The van der Waals surface area contributed by atoms with E-state index in [0.717, 1.165) is 71.5 Å². The number of hydrogen-bond donors (Lipinski definition) is 2. The van der Waals surface area contributed by atoms with Gasteiger partial charge in [0, 0.05) is 40.8 Å². The van der Waals surface area contributed by atoms with Crippen molar-refractivity contribution in [3.63, 3.8) is 0 Å². The number of carboxylic acid groups (broad SMARTS) is 1. The van der Waals surface area contributed by atoms with Crippen LogP contribution in [0.5, 0.6) is 0 Å². The van der Waals surface area contributed by atoms with E-state index in [-0.39, 0.29) is 18.0 Å².